The molecule has 2 aromatic carbocycles. The molecule has 0 aliphatic carbocycles. The molecule has 0 saturated carbocycles. The summed E-state index contributed by atoms with van der Waals surface area (Å²) >= 11 is 0. The Labute approximate surface area is 259 Å². The number of nitrogens with one attached hydrogen (secondary N) is 4. The van der Waals surface area contributed by atoms with Crippen LogP contribution >= 0.6 is 0 Å². The summed E-state index contributed by atoms with van der Waals surface area (Å²) in [6.07, 6.45) is 2.47. The van der Waals surface area contributed by atoms with Gasteiger partial charge in [0.2, 0.25) is 11.8 Å². The van der Waals surface area contributed by atoms with E-state index in [0.29, 0.717) is 12.8 Å². The largest absolute Gasteiger partial charge is 0.445 e. The van der Waals surface area contributed by atoms with Gasteiger partial charge in [-0.25, -0.2) is 9.86 Å². The molecular formula is C33H45N5O6. The van der Waals surface area contributed by atoms with Gasteiger partial charge in [0, 0.05) is 30.6 Å². The lowest BCUT2D eigenvalue weighted by atomic mass is 9.94. The van der Waals surface area contributed by atoms with Crippen LogP contribution in [0.1, 0.15) is 51.7 Å². The van der Waals surface area contributed by atoms with Crippen LogP contribution in [0.2, 0.25) is 0 Å². The summed E-state index contributed by atoms with van der Waals surface area (Å²) < 4.78 is 5.35. The lowest BCUT2D eigenvalue weighted by molar-refractivity contribution is -0.171. The summed E-state index contributed by atoms with van der Waals surface area (Å²) in [5.74, 6) is -1.98. The zero-order valence-corrected chi connectivity index (χ0v) is 26.4. The summed E-state index contributed by atoms with van der Waals surface area (Å²) in [4.78, 5) is 61.7. The van der Waals surface area contributed by atoms with Crippen LogP contribution < -0.4 is 16.0 Å². The average molecular weight is 608 g/mol. The molecule has 1 heterocycles. The number of aromatic nitrogens is 1. The normalized spacial score (nSPS) is 14.5. The number of benzene rings is 2. The van der Waals surface area contributed by atoms with Gasteiger partial charge in [0.15, 0.2) is 0 Å². The number of aromatic amines is 1. The van der Waals surface area contributed by atoms with Crippen LogP contribution in [0, 0.1) is 11.8 Å². The molecule has 3 aromatic rings. The van der Waals surface area contributed by atoms with Gasteiger partial charge in [-0.15, -0.1) is 0 Å². The monoisotopic (exact) mass is 607 g/mol. The van der Waals surface area contributed by atoms with Crippen molar-refractivity contribution in [3.05, 3.63) is 71.9 Å². The molecule has 1 aromatic heterocycles. The van der Waals surface area contributed by atoms with E-state index < -0.39 is 41.9 Å². The molecule has 0 saturated heterocycles. The molecule has 0 unspecified atom stereocenters. The molecule has 0 bridgehead atoms. The molecule has 5 atom stereocenters. The second-order valence-corrected chi connectivity index (χ2v) is 11.1. The lowest BCUT2D eigenvalue weighted by Crippen LogP contribution is -2.59. The second-order valence-electron chi connectivity index (χ2n) is 11.1. The number of ether oxygens (including phenoxy) is 1. The van der Waals surface area contributed by atoms with Crippen molar-refractivity contribution >= 4 is 34.7 Å². The molecular weight excluding hydrogens is 562 g/mol. The smallest absolute Gasteiger partial charge is 0.408 e. The zero-order valence-electron chi connectivity index (χ0n) is 26.4. The van der Waals surface area contributed by atoms with Gasteiger partial charge in [-0.1, -0.05) is 89.1 Å². The minimum absolute atomic E-state index is 0.0567. The number of rotatable bonds is 15. The van der Waals surface area contributed by atoms with Gasteiger partial charge >= 0.3 is 6.09 Å². The molecule has 0 radical (unpaired) electrons. The number of carbonyl (C=O) groups is 4. The molecule has 4 amide bonds. The highest BCUT2D eigenvalue weighted by Gasteiger charge is 2.35. The van der Waals surface area contributed by atoms with Crippen molar-refractivity contribution in [2.75, 3.05) is 14.2 Å². The highest BCUT2D eigenvalue weighted by atomic mass is 16.7. The molecule has 11 nitrogen and oxygen atoms in total. The number of hydrogen-bond acceptors (Lipinski definition) is 6. The van der Waals surface area contributed by atoms with Crippen LogP contribution in [0.4, 0.5) is 4.79 Å². The Bertz CT molecular complexity index is 1390. The third-order valence-corrected chi connectivity index (χ3v) is 8.07. The maximum Gasteiger partial charge on any atom is 0.408 e. The molecule has 0 aliphatic rings. The summed E-state index contributed by atoms with van der Waals surface area (Å²) in [5, 5.41) is 10.4. The number of hydrogen-bond donors (Lipinski definition) is 4. The fourth-order valence-corrected chi connectivity index (χ4v) is 4.83. The van der Waals surface area contributed by atoms with E-state index in [1.807, 2.05) is 88.5 Å². The fraction of sp³-hybridized carbons (Fsp3) is 0.455. The van der Waals surface area contributed by atoms with E-state index in [-0.39, 0.29) is 24.9 Å². The van der Waals surface area contributed by atoms with Gasteiger partial charge in [0.1, 0.15) is 24.7 Å². The first kappa shape index (κ1) is 34.1. The third-order valence-electron chi connectivity index (χ3n) is 8.07. The van der Waals surface area contributed by atoms with Crippen molar-refractivity contribution in [1.29, 1.82) is 0 Å². The number of para-hydroxylation sites is 1. The predicted octanol–water partition coefficient (Wildman–Crippen LogP) is 4.09. The van der Waals surface area contributed by atoms with Crippen molar-refractivity contribution in [1.82, 2.24) is 26.0 Å². The minimum Gasteiger partial charge on any atom is -0.445 e. The van der Waals surface area contributed by atoms with E-state index in [9.17, 15) is 19.2 Å². The topological polar surface area (TPSA) is 142 Å². The van der Waals surface area contributed by atoms with Crippen LogP contribution in [0.5, 0.6) is 0 Å². The van der Waals surface area contributed by atoms with Crippen LogP contribution in [-0.4, -0.2) is 66.1 Å². The van der Waals surface area contributed by atoms with Gasteiger partial charge in [-0.2, -0.15) is 0 Å². The van der Waals surface area contributed by atoms with E-state index in [0.717, 1.165) is 27.1 Å². The third kappa shape index (κ3) is 9.06. The van der Waals surface area contributed by atoms with Crippen LogP contribution in [0.15, 0.2) is 60.8 Å². The number of carbonyl (C=O) groups excluding carboxylic acids is 4. The predicted molar refractivity (Wildman–Crippen MR) is 168 cm³/mol. The fourth-order valence-electron chi connectivity index (χ4n) is 4.83. The minimum atomic E-state index is -0.966. The van der Waals surface area contributed by atoms with E-state index >= 15 is 0 Å². The molecule has 11 heteroatoms. The second kappa shape index (κ2) is 16.5. The van der Waals surface area contributed by atoms with Crippen molar-refractivity contribution in [2.24, 2.45) is 11.8 Å². The van der Waals surface area contributed by atoms with E-state index in [2.05, 4.69) is 20.9 Å². The van der Waals surface area contributed by atoms with Crippen molar-refractivity contribution in [3.63, 3.8) is 0 Å². The molecule has 44 heavy (non-hydrogen) atoms. The highest BCUT2D eigenvalue weighted by molar-refractivity contribution is 5.94. The number of nitrogens with zero attached hydrogens (tertiary/aromatic N) is 1. The number of H-pyrrole nitrogens is 1. The van der Waals surface area contributed by atoms with Crippen LogP contribution in [0.3, 0.4) is 0 Å². The SMILES string of the molecule is CC[C@H](C)[C@H](NC(=O)OCc1ccccc1)C(=O)N[C@H](C(=O)N[C@@H](Cc1c[nH]c2ccccc12)C(=O)N(C)OC)[C@@H](C)CC. The number of fused-ring (bicyclic) bond motifs is 1. The van der Waals surface area contributed by atoms with Gasteiger partial charge in [0.25, 0.3) is 5.91 Å². The van der Waals surface area contributed by atoms with Crippen molar-refractivity contribution in [3.8, 4) is 0 Å². The quantitative estimate of drug-likeness (QED) is 0.192. The molecule has 0 spiro atoms. The Kier molecular flexibility index (Phi) is 12.8. The summed E-state index contributed by atoms with van der Waals surface area (Å²) in [7, 11) is 2.85. The molecule has 3 rings (SSSR count). The molecule has 4 N–H and O–H groups in total. The number of alkyl carbamates (subject to hydrolysis) is 1. The first-order valence-electron chi connectivity index (χ1n) is 15.0. The van der Waals surface area contributed by atoms with Crippen LogP contribution in [-0.2, 0) is 37.0 Å². The Morgan fingerprint density at radius 2 is 1.43 bits per heavy atom. The maximum absolute atomic E-state index is 13.8. The Hall–Kier alpha value is -4.38. The van der Waals surface area contributed by atoms with E-state index in [1.165, 1.54) is 14.2 Å². The van der Waals surface area contributed by atoms with Gasteiger partial charge in [-0.3, -0.25) is 19.2 Å². The Morgan fingerprint density at radius 3 is 2.07 bits per heavy atom. The summed E-state index contributed by atoms with van der Waals surface area (Å²) in [6, 6.07) is 14.1. The first-order valence-corrected chi connectivity index (χ1v) is 15.0. The summed E-state index contributed by atoms with van der Waals surface area (Å²) in [6.45, 7) is 7.57. The number of likely N-dealkylation sites (N-methyl/N-ethyl adjacent to an activating group) is 1. The van der Waals surface area contributed by atoms with Crippen LogP contribution in [0.25, 0.3) is 10.9 Å². The van der Waals surface area contributed by atoms with Crippen molar-refractivity contribution in [2.45, 2.75) is 71.7 Å². The summed E-state index contributed by atoms with van der Waals surface area (Å²) in [5.41, 5.74) is 2.58. The number of hydroxylamine groups is 2. The maximum atomic E-state index is 13.8. The number of amides is 4. The van der Waals surface area contributed by atoms with Gasteiger partial charge < -0.3 is 25.7 Å². The standard InChI is InChI=1S/C33H45N5O6/c1-7-21(3)28(36-31(40)29(22(4)8-2)37-33(42)44-20-23-14-10-9-11-15-23)30(39)35-27(32(41)38(5)43-6)18-24-19-34-26-17-13-12-16-25(24)26/h9-17,19,21-22,27-29,34H,7-8,18,20H2,1-6H3,(H,35,39)(H,36,40)(H,37,42)/t21-,22-,27-,28-,29-/m0/s1. The molecule has 0 aliphatic heterocycles. The van der Waals surface area contributed by atoms with E-state index in [4.69, 9.17) is 9.57 Å². The highest BCUT2D eigenvalue weighted by Crippen LogP contribution is 2.20. The Balaban J connectivity index is 1.77. The van der Waals surface area contributed by atoms with Gasteiger partial charge in [-0.05, 0) is 29.0 Å². The van der Waals surface area contributed by atoms with Gasteiger partial charge in [0.05, 0.1) is 7.11 Å². The average Bonchev–Trinajstić information content (AvgIpc) is 3.46. The Morgan fingerprint density at radius 1 is 0.841 bits per heavy atom. The molecule has 0 fully saturated rings. The zero-order chi connectivity index (χ0) is 32.2. The molecule has 238 valence electrons. The van der Waals surface area contributed by atoms with E-state index in [1.54, 1.807) is 0 Å². The van der Waals surface area contributed by atoms with Crippen molar-refractivity contribution < 1.29 is 28.8 Å². The first-order chi connectivity index (χ1) is 21.1. The lowest BCUT2D eigenvalue weighted by Gasteiger charge is -2.30.